The van der Waals surface area contributed by atoms with Crippen molar-refractivity contribution >= 4 is 16.9 Å². The standard InChI is InChI=1S/C21H19N5O2/c1-26-20-18(13-24-26)17(10-19(25-20)15-6-4-8-22-12-15)21(27)23-11-14-5-3-7-16(9-14)28-2/h3-10,12-13H,11H2,1-2H3,(H,23,27). The lowest BCUT2D eigenvalue weighted by atomic mass is 10.1. The highest BCUT2D eigenvalue weighted by molar-refractivity contribution is 6.06. The highest BCUT2D eigenvalue weighted by Gasteiger charge is 2.16. The minimum atomic E-state index is -0.187. The molecule has 3 heterocycles. The van der Waals surface area contributed by atoms with Crippen LogP contribution in [0.2, 0.25) is 0 Å². The van der Waals surface area contributed by atoms with Gasteiger partial charge in [0.1, 0.15) is 5.75 Å². The van der Waals surface area contributed by atoms with Gasteiger partial charge in [0.25, 0.3) is 5.91 Å². The van der Waals surface area contributed by atoms with E-state index in [0.717, 1.165) is 16.9 Å². The lowest BCUT2D eigenvalue weighted by Crippen LogP contribution is -2.23. The van der Waals surface area contributed by atoms with Gasteiger partial charge in [0, 0.05) is 31.5 Å². The first-order valence-electron chi connectivity index (χ1n) is 8.80. The first kappa shape index (κ1) is 17.7. The minimum absolute atomic E-state index is 0.187. The fourth-order valence-electron chi connectivity index (χ4n) is 3.02. The molecule has 0 saturated carbocycles. The largest absolute Gasteiger partial charge is 0.497 e. The van der Waals surface area contributed by atoms with Crippen molar-refractivity contribution in [3.8, 4) is 17.0 Å². The third-order valence-corrected chi connectivity index (χ3v) is 4.49. The number of aromatic nitrogens is 4. The van der Waals surface area contributed by atoms with Crippen molar-refractivity contribution in [2.24, 2.45) is 7.05 Å². The smallest absolute Gasteiger partial charge is 0.252 e. The zero-order chi connectivity index (χ0) is 19.5. The van der Waals surface area contributed by atoms with Crippen LogP contribution in [0.5, 0.6) is 5.75 Å². The number of fused-ring (bicyclic) bond motifs is 1. The van der Waals surface area contributed by atoms with E-state index >= 15 is 0 Å². The Labute approximate surface area is 162 Å². The lowest BCUT2D eigenvalue weighted by Gasteiger charge is -2.09. The van der Waals surface area contributed by atoms with Gasteiger partial charge in [-0.2, -0.15) is 5.10 Å². The van der Waals surface area contributed by atoms with Crippen LogP contribution in [-0.4, -0.2) is 32.8 Å². The second kappa shape index (κ2) is 7.48. The number of pyridine rings is 2. The summed E-state index contributed by atoms with van der Waals surface area (Å²) in [5, 5.41) is 7.94. The van der Waals surface area contributed by atoms with E-state index < -0.39 is 0 Å². The summed E-state index contributed by atoms with van der Waals surface area (Å²) in [6, 6.07) is 13.1. The molecule has 0 atom stereocenters. The van der Waals surface area contributed by atoms with Crippen LogP contribution in [-0.2, 0) is 13.6 Å². The topological polar surface area (TPSA) is 81.9 Å². The predicted octanol–water partition coefficient (Wildman–Crippen LogP) is 2.97. The summed E-state index contributed by atoms with van der Waals surface area (Å²) in [5.74, 6) is 0.567. The molecule has 0 unspecified atom stereocenters. The van der Waals surface area contributed by atoms with E-state index in [1.54, 1.807) is 43.5 Å². The molecule has 4 rings (SSSR count). The molecule has 0 spiro atoms. The number of hydrogen-bond donors (Lipinski definition) is 1. The van der Waals surface area contributed by atoms with Gasteiger partial charge in [0.2, 0.25) is 0 Å². The average molecular weight is 373 g/mol. The SMILES string of the molecule is COc1cccc(CNC(=O)c2cc(-c3cccnc3)nc3c2cnn3C)c1. The first-order valence-corrected chi connectivity index (χ1v) is 8.80. The van der Waals surface area contributed by atoms with Crippen LogP contribution in [0.25, 0.3) is 22.3 Å². The summed E-state index contributed by atoms with van der Waals surface area (Å²) in [7, 11) is 3.42. The zero-order valence-corrected chi connectivity index (χ0v) is 15.6. The molecule has 1 aromatic carbocycles. The fraction of sp³-hybridized carbons (Fsp3) is 0.143. The van der Waals surface area contributed by atoms with Crippen molar-refractivity contribution in [3.05, 3.63) is 72.2 Å². The van der Waals surface area contributed by atoms with Crippen LogP contribution in [0.15, 0.2) is 61.1 Å². The Morgan fingerprint density at radius 3 is 2.86 bits per heavy atom. The molecule has 1 N–H and O–H groups in total. The number of aryl methyl sites for hydroxylation is 1. The van der Waals surface area contributed by atoms with Crippen LogP contribution in [0.3, 0.4) is 0 Å². The lowest BCUT2D eigenvalue weighted by molar-refractivity contribution is 0.0952. The van der Waals surface area contributed by atoms with Crippen LogP contribution < -0.4 is 10.1 Å². The molecule has 3 aromatic heterocycles. The summed E-state index contributed by atoms with van der Waals surface area (Å²) in [4.78, 5) is 21.8. The van der Waals surface area contributed by atoms with Crippen molar-refractivity contribution in [2.75, 3.05) is 7.11 Å². The maximum absolute atomic E-state index is 13.0. The van der Waals surface area contributed by atoms with Gasteiger partial charge < -0.3 is 10.1 Å². The Morgan fingerprint density at radius 2 is 2.07 bits per heavy atom. The molecule has 7 heteroatoms. The number of hydrogen-bond acceptors (Lipinski definition) is 5. The molecule has 0 radical (unpaired) electrons. The number of nitrogens with one attached hydrogen (secondary N) is 1. The summed E-state index contributed by atoms with van der Waals surface area (Å²) < 4.78 is 6.89. The van der Waals surface area contributed by atoms with Gasteiger partial charge in [-0.3, -0.25) is 14.5 Å². The van der Waals surface area contributed by atoms with Crippen LogP contribution in [0.1, 0.15) is 15.9 Å². The highest BCUT2D eigenvalue weighted by atomic mass is 16.5. The third kappa shape index (κ3) is 3.42. The van der Waals surface area contributed by atoms with Crippen LogP contribution in [0.4, 0.5) is 0 Å². The summed E-state index contributed by atoms with van der Waals surface area (Å²) >= 11 is 0. The summed E-state index contributed by atoms with van der Waals surface area (Å²) in [5.41, 5.74) is 3.65. The third-order valence-electron chi connectivity index (χ3n) is 4.49. The van der Waals surface area contributed by atoms with Crippen molar-refractivity contribution in [3.63, 3.8) is 0 Å². The number of nitrogens with zero attached hydrogens (tertiary/aromatic N) is 4. The van der Waals surface area contributed by atoms with Crippen molar-refractivity contribution in [1.29, 1.82) is 0 Å². The van der Waals surface area contributed by atoms with Crippen molar-refractivity contribution in [1.82, 2.24) is 25.1 Å². The normalized spacial score (nSPS) is 10.8. The second-order valence-corrected chi connectivity index (χ2v) is 6.34. The molecule has 0 fully saturated rings. The minimum Gasteiger partial charge on any atom is -0.497 e. The van der Waals surface area contributed by atoms with Gasteiger partial charge in [-0.25, -0.2) is 4.98 Å². The molecule has 0 saturated heterocycles. The number of ether oxygens (including phenoxy) is 1. The molecular formula is C21H19N5O2. The Balaban J connectivity index is 1.67. The molecule has 28 heavy (non-hydrogen) atoms. The Morgan fingerprint density at radius 1 is 1.18 bits per heavy atom. The van der Waals surface area contributed by atoms with Crippen LogP contribution >= 0.6 is 0 Å². The number of amides is 1. The molecule has 1 amide bonds. The molecule has 140 valence electrons. The van der Waals surface area contributed by atoms with Gasteiger partial charge >= 0.3 is 0 Å². The first-order chi connectivity index (χ1) is 13.7. The van der Waals surface area contributed by atoms with E-state index in [2.05, 4.69) is 20.4 Å². The molecule has 0 bridgehead atoms. The fourth-order valence-corrected chi connectivity index (χ4v) is 3.02. The number of carbonyl (C=O) groups is 1. The van der Waals surface area contributed by atoms with E-state index in [1.165, 1.54) is 0 Å². The molecular weight excluding hydrogens is 354 g/mol. The van der Waals surface area contributed by atoms with Gasteiger partial charge in [-0.1, -0.05) is 12.1 Å². The van der Waals surface area contributed by atoms with Gasteiger partial charge in [-0.15, -0.1) is 0 Å². The van der Waals surface area contributed by atoms with E-state index in [-0.39, 0.29) is 5.91 Å². The van der Waals surface area contributed by atoms with E-state index in [4.69, 9.17) is 4.74 Å². The highest BCUT2D eigenvalue weighted by Crippen LogP contribution is 2.24. The van der Waals surface area contributed by atoms with Crippen molar-refractivity contribution in [2.45, 2.75) is 6.54 Å². The summed E-state index contributed by atoms with van der Waals surface area (Å²) in [6.07, 6.45) is 5.09. The summed E-state index contributed by atoms with van der Waals surface area (Å²) in [6.45, 7) is 0.391. The molecule has 7 nitrogen and oxygen atoms in total. The Kier molecular flexibility index (Phi) is 4.72. The molecule has 0 aliphatic carbocycles. The van der Waals surface area contributed by atoms with Crippen molar-refractivity contribution < 1.29 is 9.53 Å². The molecule has 0 aliphatic heterocycles. The Hall–Kier alpha value is -3.74. The van der Waals surface area contributed by atoms with E-state index in [0.29, 0.717) is 28.8 Å². The maximum atomic E-state index is 13.0. The number of benzene rings is 1. The van der Waals surface area contributed by atoms with Gasteiger partial charge in [0.15, 0.2) is 5.65 Å². The van der Waals surface area contributed by atoms with E-state index in [9.17, 15) is 4.79 Å². The molecule has 4 aromatic rings. The number of rotatable bonds is 5. The molecule has 0 aliphatic rings. The van der Waals surface area contributed by atoms with Crippen LogP contribution in [0, 0.1) is 0 Å². The monoisotopic (exact) mass is 373 g/mol. The quantitative estimate of drug-likeness (QED) is 0.582. The van der Waals surface area contributed by atoms with Gasteiger partial charge in [-0.05, 0) is 35.9 Å². The number of methoxy groups -OCH3 is 1. The number of carbonyl (C=O) groups excluding carboxylic acids is 1. The second-order valence-electron chi connectivity index (χ2n) is 6.34. The van der Waals surface area contributed by atoms with E-state index in [1.807, 2.05) is 36.4 Å². The Bertz CT molecular complexity index is 1140. The maximum Gasteiger partial charge on any atom is 0.252 e. The zero-order valence-electron chi connectivity index (χ0n) is 15.6. The van der Waals surface area contributed by atoms with Gasteiger partial charge in [0.05, 0.1) is 30.0 Å². The average Bonchev–Trinajstić information content (AvgIpc) is 3.13. The predicted molar refractivity (Wildman–Crippen MR) is 106 cm³/mol.